The number of halogens is 1. The Kier molecular flexibility index (Phi) is 3.78. The number of hydrogen-bond donors (Lipinski definition) is 0. The van der Waals surface area contributed by atoms with Crippen molar-refractivity contribution in [2.24, 2.45) is 11.8 Å². The molecule has 0 aromatic rings. The van der Waals surface area contributed by atoms with E-state index >= 15 is 0 Å². The summed E-state index contributed by atoms with van der Waals surface area (Å²) in [5.74, 6) is 1.21. The van der Waals surface area contributed by atoms with Crippen LogP contribution in [0.25, 0.3) is 0 Å². The topological polar surface area (TPSA) is 26.3 Å². The number of fused-ring (bicyclic) bond motifs is 1. The molecule has 3 heteroatoms. The Morgan fingerprint density at radius 3 is 2.31 bits per heavy atom. The molecule has 0 aliphatic heterocycles. The van der Waals surface area contributed by atoms with Crippen molar-refractivity contribution >= 4 is 17.6 Å². The fraction of sp³-hybridized carbons (Fsp3) is 0.923. The van der Waals surface area contributed by atoms with Gasteiger partial charge >= 0.3 is 5.97 Å². The second kappa shape index (κ2) is 4.95. The van der Waals surface area contributed by atoms with Crippen LogP contribution in [0.4, 0.5) is 0 Å². The zero-order valence-electron chi connectivity index (χ0n) is 10.0. The van der Waals surface area contributed by atoms with Crippen LogP contribution < -0.4 is 0 Å². The van der Waals surface area contributed by atoms with Crippen molar-refractivity contribution in [2.45, 2.75) is 56.2 Å². The van der Waals surface area contributed by atoms with Gasteiger partial charge in [0.15, 0.2) is 0 Å². The summed E-state index contributed by atoms with van der Waals surface area (Å²) in [6.45, 7) is 0. The second-order valence-corrected chi connectivity index (χ2v) is 5.91. The first-order chi connectivity index (χ1) is 7.68. The second-order valence-electron chi connectivity index (χ2n) is 5.21. The Morgan fingerprint density at radius 2 is 1.81 bits per heavy atom. The standard InChI is InChI=1S/C13H21ClO2/c1-16-12(15)8-9-13(14)10-6-4-2-3-5-7-11(10)13/h10-11H,2-9H2,1H3/t10-,11+,13?. The minimum absolute atomic E-state index is 0.0709. The fourth-order valence-corrected chi connectivity index (χ4v) is 3.85. The van der Waals surface area contributed by atoms with Crippen LogP contribution in [0.3, 0.4) is 0 Å². The van der Waals surface area contributed by atoms with Crippen LogP contribution in [0.2, 0.25) is 0 Å². The summed E-state index contributed by atoms with van der Waals surface area (Å²) in [6, 6.07) is 0. The normalized spacial score (nSPS) is 38.1. The number of esters is 1. The highest BCUT2D eigenvalue weighted by Gasteiger charge is 2.61. The quantitative estimate of drug-likeness (QED) is 0.561. The number of alkyl halides is 1. The van der Waals surface area contributed by atoms with Gasteiger partial charge in [-0.1, -0.05) is 25.7 Å². The van der Waals surface area contributed by atoms with E-state index in [0.717, 1.165) is 6.42 Å². The van der Waals surface area contributed by atoms with Crippen LogP contribution in [0.1, 0.15) is 51.4 Å². The maximum atomic E-state index is 11.1. The Morgan fingerprint density at radius 1 is 1.25 bits per heavy atom. The van der Waals surface area contributed by atoms with Gasteiger partial charge in [-0.3, -0.25) is 4.79 Å². The van der Waals surface area contributed by atoms with Gasteiger partial charge in [0, 0.05) is 6.42 Å². The van der Waals surface area contributed by atoms with E-state index in [0.29, 0.717) is 18.3 Å². The lowest BCUT2D eigenvalue weighted by molar-refractivity contribution is -0.140. The van der Waals surface area contributed by atoms with E-state index in [1.807, 2.05) is 0 Å². The van der Waals surface area contributed by atoms with Gasteiger partial charge in [0.2, 0.25) is 0 Å². The highest BCUT2D eigenvalue weighted by molar-refractivity contribution is 6.26. The van der Waals surface area contributed by atoms with Crippen molar-refractivity contribution in [3.8, 4) is 0 Å². The minimum Gasteiger partial charge on any atom is -0.469 e. The van der Waals surface area contributed by atoms with Crippen LogP contribution in [0, 0.1) is 11.8 Å². The van der Waals surface area contributed by atoms with Crippen LogP contribution in [-0.2, 0) is 9.53 Å². The Labute approximate surface area is 103 Å². The average Bonchev–Trinajstić information content (AvgIpc) is 2.77. The van der Waals surface area contributed by atoms with Crippen LogP contribution in [0.15, 0.2) is 0 Å². The smallest absolute Gasteiger partial charge is 0.305 e. The molecule has 0 aromatic heterocycles. The predicted octanol–water partition coefficient (Wildman–Crippen LogP) is 3.52. The fourth-order valence-electron chi connectivity index (χ4n) is 3.30. The average molecular weight is 245 g/mol. The SMILES string of the molecule is COC(=O)CCC1(Cl)[C@@H]2CCCCCC[C@@H]21. The lowest BCUT2D eigenvalue weighted by Crippen LogP contribution is -2.10. The molecule has 0 aromatic carbocycles. The third-order valence-electron chi connectivity index (χ3n) is 4.33. The third-order valence-corrected chi connectivity index (χ3v) is 5.08. The van der Waals surface area contributed by atoms with E-state index in [4.69, 9.17) is 11.6 Å². The van der Waals surface area contributed by atoms with Gasteiger partial charge in [0.05, 0.1) is 12.0 Å². The maximum absolute atomic E-state index is 11.1. The molecule has 2 rings (SSSR count). The van der Waals surface area contributed by atoms with E-state index in [9.17, 15) is 4.79 Å². The molecule has 0 spiro atoms. The molecule has 92 valence electrons. The van der Waals surface area contributed by atoms with Crippen molar-refractivity contribution in [1.29, 1.82) is 0 Å². The Hall–Kier alpha value is -0.240. The number of ether oxygens (including phenoxy) is 1. The van der Waals surface area contributed by atoms with Gasteiger partial charge in [-0.25, -0.2) is 0 Å². The molecule has 0 amide bonds. The molecule has 0 bridgehead atoms. The summed E-state index contributed by atoms with van der Waals surface area (Å²) in [5.41, 5.74) is 0. The highest BCUT2D eigenvalue weighted by atomic mass is 35.5. The number of rotatable bonds is 3. The van der Waals surface area contributed by atoms with Gasteiger partial charge < -0.3 is 4.74 Å². The van der Waals surface area contributed by atoms with Crippen molar-refractivity contribution < 1.29 is 9.53 Å². The molecule has 0 saturated heterocycles. The van der Waals surface area contributed by atoms with Gasteiger partial charge in [0.1, 0.15) is 0 Å². The Balaban J connectivity index is 1.86. The molecule has 2 fully saturated rings. The van der Waals surface area contributed by atoms with Crippen LogP contribution >= 0.6 is 11.6 Å². The number of carbonyl (C=O) groups is 1. The largest absolute Gasteiger partial charge is 0.469 e. The van der Waals surface area contributed by atoms with E-state index in [1.54, 1.807) is 0 Å². The summed E-state index contributed by atoms with van der Waals surface area (Å²) < 4.78 is 4.68. The summed E-state index contributed by atoms with van der Waals surface area (Å²) in [7, 11) is 1.44. The first-order valence-corrected chi connectivity index (χ1v) is 6.82. The Bertz CT molecular complexity index is 251. The van der Waals surface area contributed by atoms with E-state index in [2.05, 4.69) is 4.74 Å². The summed E-state index contributed by atoms with van der Waals surface area (Å²) in [6.07, 6.45) is 9.14. The molecule has 0 radical (unpaired) electrons. The maximum Gasteiger partial charge on any atom is 0.305 e. The van der Waals surface area contributed by atoms with Crippen LogP contribution in [-0.4, -0.2) is 18.0 Å². The van der Waals surface area contributed by atoms with Crippen molar-refractivity contribution in [1.82, 2.24) is 0 Å². The van der Waals surface area contributed by atoms with Gasteiger partial charge in [-0.2, -0.15) is 0 Å². The number of carbonyl (C=O) groups excluding carboxylic acids is 1. The molecule has 2 aliphatic carbocycles. The van der Waals surface area contributed by atoms with Crippen LogP contribution in [0.5, 0.6) is 0 Å². The molecular weight excluding hydrogens is 224 g/mol. The van der Waals surface area contributed by atoms with Crippen molar-refractivity contribution in [3.63, 3.8) is 0 Å². The molecule has 0 heterocycles. The zero-order chi connectivity index (χ0) is 11.6. The van der Waals surface area contributed by atoms with E-state index < -0.39 is 0 Å². The molecule has 16 heavy (non-hydrogen) atoms. The first-order valence-electron chi connectivity index (χ1n) is 6.44. The highest BCUT2D eigenvalue weighted by Crippen LogP contribution is 2.63. The first kappa shape index (κ1) is 12.2. The summed E-state index contributed by atoms with van der Waals surface area (Å²) in [5, 5.41) is 0. The molecule has 2 aliphatic rings. The molecular formula is C13H21ClO2. The molecule has 0 N–H and O–H groups in total. The monoisotopic (exact) mass is 244 g/mol. The number of hydrogen-bond acceptors (Lipinski definition) is 2. The minimum atomic E-state index is -0.126. The predicted molar refractivity (Wildman–Crippen MR) is 64.5 cm³/mol. The third kappa shape index (κ3) is 2.37. The lowest BCUT2D eigenvalue weighted by Gasteiger charge is -2.08. The zero-order valence-corrected chi connectivity index (χ0v) is 10.8. The van der Waals surface area contributed by atoms with Gasteiger partial charge in [-0.05, 0) is 31.1 Å². The summed E-state index contributed by atoms with van der Waals surface area (Å²) in [4.78, 5) is 11.1. The lowest BCUT2D eigenvalue weighted by atomic mass is 10.0. The number of methoxy groups -OCH3 is 1. The van der Waals surface area contributed by atoms with E-state index in [-0.39, 0.29) is 10.8 Å². The van der Waals surface area contributed by atoms with Crippen molar-refractivity contribution in [3.05, 3.63) is 0 Å². The molecule has 2 nitrogen and oxygen atoms in total. The van der Waals surface area contributed by atoms with Gasteiger partial charge in [-0.15, -0.1) is 11.6 Å². The van der Waals surface area contributed by atoms with Gasteiger partial charge in [0.25, 0.3) is 0 Å². The molecule has 1 unspecified atom stereocenters. The molecule has 3 atom stereocenters. The van der Waals surface area contributed by atoms with Crippen molar-refractivity contribution in [2.75, 3.05) is 7.11 Å². The molecule has 2 saturated carbocycles. The summed E-state index contributed by atoms with van der Waals surface area (Å²) >= 11 is 6.65. The van der Waals surface area contributed by atoms with E-state index in [1.165, 1.54) is 45.6 Å².